The predicted octanol–water partition coefficient (Wildman–Crippen LogP) is 3.62. The first kappa shape index (κ1) is 12.0. The number of carbonyl (C=O) groups excluding carboxylic acids is 1. The molecule has 0 aromatic heterocycles. The minimum atomic E-state index is 0.237. The van der Waals surface area contributed by atoms with Crippen molar-refractivity contribution in [3.63, 3.8) is 0 Å². The molecule has 15 heavy (non-hydrogen) atoms. The van der Waals surface area contributed by atoms with Crippen LogP contribution in [-0.2, 0) is 11.2 Å². The van der Waals surface area contributed by atoms with E-state index in [1.807, 2.05) is 25.1 Å². The number of aryl methyl sites for hydroxylation is 1. The third-order valence-corrected chi connectivity index (χ3v) is 2.89. The van der Waals surface area contributed by atoms with Gasteiger partial charge >= 0.3 is 0 Å². The molecule has 82 valence electrons. The molecule has 0 radical (unpaired) electrons. The molecule has 0 N–H and O–H groups in total. The highest BCUT2D eigenvalue weighted by Gasteiger charge is 2.09. The number of ketones is 1. The molecule has 0 amide bonds. The molecule has 1 nitrogen and oxygen atoms in total. The Kier molecular flexibility index (Phi) is 5.09. The zero-order valence-electron chi connectivity index (χ0n) is 9.70. The number of hydrogen-bond donors (Lipinski definition) is 0. The topological polar surface area (TPSA) is 17.1 Å². The molecule has 1 rings (SSSR count). The van der Waals surface area contributed by atoms with Crippen molar-refractivity contribution in [2.75, 3.05) is 0 Å². The third-order valence-electron chi connectivity index (χ3n) is 2.89. The standard InChI is InChI=1S/C14H20O/c1-3-12(2)14(15)11-7-10-13-8-5-4-6-9-13/h4-6,8-9,12H,3,7,10-11H2,1-2H3/t12-/m0/s1. The molecule has 0 spiro atoms. The number of rotatable bonds is 6. The molecule has 0 saturated heterocycles. The summed E-state index contributed by atoms with van der Waals surface area (Å²) < 4.78 is 0. The molecule has 0 aliphatic carbocycles. The van der Waals surface area contributed by atoms with Crippen molar-refractivity contribution in [2.45, 2.75) is 39.5 Å². The lowest BCUT2D eigenvalue weighted by molar-refractivity contribution is -0.122. The number of carbonyl (C=O) groups is 1. The van der Waals surface area contributed by atoms with Crippen LogP contribution in [0, 0.1) is 5.92 Å². The lowest BCUT2D eigenvalue weighted by atomic mass is 9.98. The van der Waals surface area contributed by atoms with Crippen molar-refractivity contribution in [1.29, 1.82) is 0 Å². The van der Waals surface area contributed by atoms with Gasteiger partial charge < -0.3 is 0 Å². The molecule has 0 unspecified atom stereocenters. The van der Waals surface area contributed by atoms with E-state index in [1.54, 1.807) is 0 Å². The van der Waals surface area contributed by atoms with Crippen LogP contribution in [0.15, 0.2) is 30.3 Å². The highest BCUT2D eigenvalue weighted by molar-refractivity contribution is 5.80. The van der Waals surface area contributed by atoms with Gasteiger partial charge in [0.05, 0.1) is 0 Å². The Hall–Kier alpha value is -1.11. The summed E-state index contributed by atoms with van der Waals surface area (Å²) in [6.45, 7) is 4.09. The Morgan fingerprint density at radius 3 is 2.53 bits per heavy atom. The Bertz CT molecular complexity index is 289. The fraction of sp³-hybridized carbons (Fsp3) is 0.500. The van der Waals surface area contributed by atoms with Gasteiger partial charge in [-0.1, -0.05) is 44.2 Å². The zero-order valence-corrected chi connectivity index (χ0v) is 9.70. The van der Waals surface area contributed by atoms with Gasteiger partial charge in [0.1, 0.15) is 5.78 Å². The Balaban J connectivity index is 2.25. The fourth-order valence-electron chi connectivity index (χ4n) is 1.59. The van der Waals surface area contributed by atoms with Crippen LogP contribution in [0.5, 0.6) is 0 Å². The van der Waals surface area contributed by atoms with Crippen LogP contribution in [0.25, 0.3) is 0 Å². The smallest absolute Gasteiger partial charge is 0.135 e. The van der Waals surface area contributed by atoms with Crippen molar-refractivity contribution < 1.29 is 4.79 Å². The second-order valence-electron chi connectivity index (χ2n) is 4.11. The molecule has 0 fully saturated rings. The van der Waals surface area contributed by atoms with Crippen LogP contribution >= 0.6 is 0 Å². The van der Waals surface area contributed by atoms with Gasteiger partial charge in [0, 0.05) is 12.3 Å². The van der Waals surface area contributed by atoms with Crippen LogP contribution < -0.4 is 0 Å². The average molecular weight is 204 g/mol. The van der Waals surface area contributed by atoms with Crippen LogP contribution in [-0.4, -0.2) is 5.78 Å². The van der Waals surface area contributed by atoms with E-state index in [0.29, 0.717) is 5.78 Å². The van der Waals surface area contributed by atoms with Crippen molar-refractivity contribution in [3.05, 3.63) is 35.9 Å². The van der Waals surface area contributed by atoms with E-state index < -0.39 is 0 Å². The second kappa shape index (κ2) is 6.39. The molecule has 1 aromatic carbocycles. The summed E-state index contributed by atoms with van der Waals surface area (Å²) in [4.78, 5) is 11.6. The molecular formula is C14H20O. The number of hydrogen-bond acceptors (Lipinski definition) is 1. The zero-order chi connectivity index (χ0) is 11.1. The largest absolute Gasteiger partial charge is 0.299 e. The molecular weight excluding hydrogens is 184 g/mol. The average Bonchev–Trinajstić information content (AvgIpc) is 2.29. The monoisotopic (exact) mass is 204 g/mol. The highest BCUT2D eigenvalue weighted by atomic mass is 16.1. The van der Waals surface area contributed by atoms with E-state index in [-0.39, 0.29) is 5.92 Å². The quantitative estimate of drug-likeness (QED) is 0.691. The normalized spacial score (nSPS) is 12.4. The number of Topliss-reactive ketones (excluding diaryl/α,β-unsaturated/α-hetero) is 1. The molecule has 0 bridgehead atoms. The first-order chi connectivity index (χ1) is 7.24. The number of benzene rings is 1. The van der Waals surface area contributed by atoms with Crippen LogP contribution in [0.4, 0.5) is 0 Å². The van der Waals surface area contributed by atoms with Crippen LogP contribution in [0.3, 0.4) is 0 Å². The lowest BCUT2D eigenvalue weighted by Gasteiger charge is -2.06. The molecule has 0 aliphatic rings. The maximum absolute atomic E-state index is 11.6. The summed E-state index contributed by atoms with van der Waals surface area (Å²) in [6.07, 6.45) is 3.68. The first-order valence-corrected chi connectivity index (χ1v) is 5.80. The molecule has 0 aliphatic heterocycles. The van der Waals surface area contributed by atoms with Gasteiger partial charge in [-0.15, -0.1) is 0 Å². The second-order valence-corrected chi connectivity index (χ2v) is 4.11. The summed E-state index contributed by atoms with van der Waals surface area (Å²) in [5.74, 6) is 0.647. The fourth-order valence-corrected chi connectivity index (χ4v) is 1.59. The van der Waals surface area contributed by atoms with Crippen molar-refractivity contribution in [2.24, 2.45) is 5.92 Å². The molecule has 1 atom stereocenters. The summed E-state index contributed by atoms with van der Waals surface area (Å²) in [5.41, 5.74) is 1.33. The van der Waals surface area contributed by atoms with Crippen molar-refractivity contribution in [3.8, 4) is 0 Å². The van der Waals surface area contributed by atoms with Gasteiger partial charge in [0.2, 0.25) is 0 Å². The van der Waals surface area contributed by atoms with E-state index in [1.165, 1.54) is 5.56 Å². The Labute approximate surface area is 92.5 Å². The minimum absolute atomic E-state index is 0.237. The maximum Gasteiger partial charge on any atom is 0.135 e. The van der Waals surface area contributed by atoms with E-state index in [2.05, 4.69) is 19.1 Å². The van der Waals surface area contributed by atoms with Gasteiger partial charge in [-0.3, -0.25) is 4.79 Å². The SMILES string of the molecule is CC[C@H](C)C(=O)CCCc1ccccc1. The Morgan fingerprint density at radius 1 is 1.27 bits per heavy atom. The predicted molar refractivity (Wildman–Crippen MR) is 63.8 cm³/mol. The Morgan fingerprint density at radius 2 is 1.93 bits per heavy atom. The summed E-state index contributed by atoms with van der Waals surface area (Å²) >= 11 is 0. The van der Waals surface area contributed by atoms with E-state index >= 15 is 0 Å². The lowest BCUT2D eigenvalue weighted by Crippen LogP contribution is -2.09. The van der Waals surface area contributed by atoms with Crippen LogP contribution in [0.1, 0.15) is 38.7 Å². The summed E-state index contributed by atoms with van der Waals surface area (Å²) in [5, 5.41) is 0. The van der Waals surface area contributed by atoms with Gasteiger partial charge in [0.15, 0.2) is 0 Å². The molecule has 1 heteroatoms. The molecule has 1 aromatic rings. The highest BCUT2D eigenvalue weighted by Crippen LogP contribution is 2.10. The molecule has 0 heterocycles. The minimum Gasteiger partial charge on any atom is -0.299 e. The third kappa shape index (κ3) is 4.28. The van der Waals surface area contributed by atoms with Crippen molar-refractivity contribution >= 4 is 5.78 Å². The summed E-state index contributed by atoms with van der Waals surface area (Å²) in [6, 6.07) is 10.4. The summed E-state index contributed by atoms with van der Waals surface area (Å²) in [7, 11) is 0. The van der Waals surface area contributed by atoms with Crippen LogP contribution in [0.2, 0.25) is 0 Å². The van der Waals surface area contributed by atoms with Gasteiger partial charge in [-0.25, -0.2) is 0 Å². The van der Waals surface area contributed by atoms with Gasteiger partial charge in [-0.2, -0.15) is 0 Å². The van der Waals surface area contributed by atoms with Gasteiger partial charge in [0.25, 0.3) is 0 Å². The van der Waals surface area contributed by atoms with Crippen molar-refractivity contribution in [1.82, 2.24) is 0 Å². The van der Waals surface area contributed by atoms with E-state index in [0.717, 1.165) is 25.7 Å². The van der Waals surface area contributed by atoms with E-state index in [4.69, 9.17) is 0 Å². The van der Waals surface area contributed by atoms with E-state index in [9.17, 15) is 4.79 Å². The maximum atomic E-state index is 11.6. The molecule has 0 saturated carbocycles. The van der Waals surface area contributed by atoms with Gasteiger partial charge in [-0.05, 0) is 24.8 Å². The first-order valence-electron chi connectivity index (χ1n) is 5.80.